The Morgan fingerprint density at radius 2 is 1.72 bits per heavy atom. The normalized spacial score (nSPS) is 10.1. The van der Waals surface area contributed by atoms with Gasteiger partial charge in [-0.15, -0.1) is 0 Å². The van der Waals surface area contributed by atoms with Gasteiger partial charge in [-0.25, -0.2) is 0 Å². The quantitative estimate of drug-likeness (QED) is 0.628. The molecule has 0 radical (unpaired) electrons. The number of nitrogens with zero attached hydrogens (tertiary/aromatic N) is 1. The number of hydrogen-bond donors (Lipinski definition) is 2. The third-order valence-electron chi connectivity index (χ3n) is 4.00. The van der Waals surface area contributed by atoms with Crippen LogP contribution in [0.5, 0.6) is 5.75 Å². The van der Waals surface area contributed by atoms with Gasteiger partial charge in [0.25, 0.3) is 5.91 Å². The highest BCUT2D eigenvalue weighted by atomic mass is 16.5. The predicted molar refractivity (Wildman–Crippen MR) is 109 cm³/mol. The van der Waals surface area contributed by atoms with Crippen molar-refractivity contribution < 1.29 is 23.9 Å². The Balaban J connectivity index is 2.21. The van der Waals surface area contributed by atoms with Crippen molar-refractivity contribution in [2.75, 3.05) is 23.4 Å². The molecule has 3 amide bonds. The van der Waals surface area contributed by atoms with Gasteiger partial charge in [0, 0.05) is 31.1 Å². The van der Waals surface area contributed by atoms with Crippen LogP contribution in [0.1, 0.15) is 30.6 Å². The zero-order chi connectivity index (χ0) is 21.4. The lowest BCUT2D eigenvalue weighted by Crippen LogP contribution is -2.37. The van der Waals surface area contributed by atoms with Crippen LogP contribution in [0.2, 0.25) is 0 Å². The lowest BCUT2D eigenvalue weighted by molar-refractivity contribution is -0.120. The number of para-hydroxylation sites is 1. The molecule has 0 atom stereocenters. The average molecular weight is 397 g/mol. The maximum Gasteiger partial charge on any atom is 0.264 e. The summed E-state index contributed by atoms with van der Waals surface area (Å²) in [6.07, 6.45) is -0.00238. The van der Waals surface area contributed by atoms with E-state index >= 15 is 0 Å². The van der Waals surface area contributed by atoms with Gasteiger partial charge in [0.15, 0.2) is 12.4 Å². The third-order valence-corrected chi connectivity index (χ3v) is 4.00. The zero-order valence-corrected chi connectivity index (χ0v) is 16.3. The number of amides is 3. The van der Waals surface area contributed by atoms with Gasteiger partial charge >= 0.3 is 0 Å². The van der Waals surface area contributed by atoms with Crippen LogP contribution in [0.3, 0.4) is 0 Å². The molecule has 0 heterocycles. The number of anilines is 2. The lowest BCUT2D eigenvalue weighted by atomic mass is 10.1. The number of ether oxygens (including phenoxy) is 1. The van der Waals surface area contributed by atoms with Crippen LogP contribution in [0.25, 0.3) is 0 Å². The minimum atomic E-state index is -0.526. The van der Waals surface area contributed by atoms with Gasteiger partial charge in [-0.2, -0.15) is 0 Å². The van der Waals surface area contributed by atoms with Crippen LogP contribution in [0, 0.1) is 0 Å². The van der Waals surface area contributed by atoms with Crippen molar-refractivity contribution in [1.29, 1.82) is 0 Å². The van der Waals surface area contributed by atoms with Crippen molar-refractivity contribution >= 4 is 34.9 Å². The fraction of sp³-hybridized carbons (Fsp3) is 0.238. The van der Waals surface area contributed by atoms with Gasteiger partial charge in [-0.3, -0.25) is 19.2 Å². The molecule has 2 aromatic carbocycles. The van der Waals surface area contributed by atoms with E-state index < -0.39 is 11.8 Å². The lowest BCUT2D eigenvalue weighted by Gasteiger charge is -2.23. The minimum absolute atomic E-state index is 0.00238. The van der Waals surface area contributed by atoms with Crippen molar-refractivity contribution in [2.24, 2.45) is 5.73 Å². The largest absolute Gasteiger partial charge is 0.482 e. The van der Waals surface area contributed by atoms with Crippen LogP contribution in [0.15, 0.2) is 48.5 Å². The van der Waals surface area contributed by atoms with E-state index in [1.807, 2.05) is 6.07 Å². The standard InChI is InChI=1S/C21H23N3O5/c1-14(25)16-8-9-18(23-15(2)26)19(12-16)29-13-21(28)24(11-10-20(22)27)17-6-4-3-5-7-17/h3-9,12H,10-11,13H2,1-2H3,(H2,22,27)(H,23,26). The molecule has 152 valence electrons. The highest BCUT2D eigenvalue weighted by molar-refractivity contribution is 5.97. The van der Waals surface area contributed by atoms with Crippen molar-refractivity contribution in [3.05, 3.63) is 54.1 Å². The van der Waals surface area contributed by atoms with Crippen molar-refractivity contribution in [3.8, 4) is 5.75 Å². The summed E-state index contributed by atoms with van der Waals surface area (Å²) in [5.41, 5.74) is 6.54. The molecule has 0 aliphatic heterocycles. The number of benzene rings is 2. The van der Waals surface area contributed by atoms with E-state index in [0.29, 0.717) is 16.9 Å². The fourth-order valence-corrected chi connectivity index (χ4v) is 2.60. The van der Waals surface area contributed by atoms with E-state index in [9.17, 15) is 19.2 Å². The number of ketones is 1. The SMILES string of the molecule is CC(=O)Nc1ccc(C(C)=O)cc1OCC(=O)N(CCC(N)=O)c1ccccc1. The third kappa shape index (κ3) is 6.46. The van der Waals surface area contributed by atoms with Gasteiger partial charge in [0.2, 0.25) is 11.8 Å². The van der Waals surface area contributed by atoms with Crippen LogP contribution in [-0.4, -0.2) is 36.7 Å². The maximum atomic E-state index is 12.8. The molecule has 8 heteroatoms. The van der Waals surface area contributed by atoms with Crippen LogP contribution < -0.4 is 20.7 Å². The molecule has 0 unspecified atom stereocenters. The van der Waals surface area contributed by atoms with E-state index in [0.717, 1.165) is 0 Å². The number of primary amides is 1. The van der Waals surface area contributed by atoms with E-state index in [-0.39, 0.29) is 37.0 Å². The van der Waals surface area contributed by atoms with E-state index in [1.54, 1.807) is 36.4 Å². The molecule has 0 fully saturated rings. The smallest absolute Gasteiger partial charge is 0.264 e. The molecule has 0 aliphatic rings. The topological polar surface area (TPSA) is 119 Å². The summed E-state index contributed by atoms with van der Waals surface area (Å²) in [5, 5.41) is 2.60. The van der Waals surface area contributed by atoms with Gasteiger partial charge in [-0.1, -0.05) is 18.2 Å². The Morgan fingerprint density at radius 3 is 2.31 bits per heavy atom. The number of hydrogen-bond acceptors (Lipinski definition) is 5. The first-order chi connectivity index (χ1) is 13.8. The minimum Gasteiger partial charge on any atom is -0.482 e. The molecule has 0 aliphatic carbocycles. The fourth-order valence-electron chi connectivity index (χ4n) is 2.60. The second-order valence-corrected chi connectivity index (χ2v) is 6.33. The van der Waals surface area contributed by atoms with Gasteiger partial charge in [0.05, 0.1) is 5.69 Å². The molecule has 0 spiro atoms. The summed E-state index contributed by atoms with van der Waals surface area (Å²) >= 11 is 0. The molecule has 0 saturated carbocycles. The first-order valence-corrected chi connectivity index (χ1v) is 8.97. The Bertz CT molecular complexity index is 912. The Labute approximate surface area is 168 Å². The molecule has 0 bridgehead atoms. The Kier molecular flexibility index (Phi) is 7.47. The summed E-state index contributed by atoms with van der Waals surface area (Å²) in [6.45, 7) is 2.49. The Hall–Kier alpha value is -3.68. The molecule has 3 N–H and O–H groups in total. The monoisotopic (exact) mass is 397 g/mol. The molecule has 8 nitrogen and oxygen atoms in total. The van der Waals surface area contributed by atoms with Crippen molar-refractivity contribution in [3.63, 3.8) is 0 Å². The molecular formula is C21H23N3O5. The average Bonchev–Trinajstić information content (AvgIpc) is 2.67. The maximum absolute atomic E-state index is 12.8. The van der Waals surface area contributed by atoms with E-state index in [4.69, 9.17) is 10.5 Å². The number of nitrogens with two attached hydrogens (primary N) is 1. The van der Waals surface area contributed by atoms with Gasteiger partial charge < -0.3 is 20.7 Å². The zero-order valence-electron chi connectivity index (χ0n) is 16.3. The highest BCUT2D eigenvalue weighted by Crippen LogP contribution is 2.26. The number of rotatable bonds is 9. The number of Topliss-reactive ketones (excluding diaryl/α,β-unsaturated/α-hetero) is 1. The number of carbonyl (C=O) groups is 4. The summed E-state index contributed by atoms with van der Waals surface area (Å²) in [5.74, 6) is -1.22. The Morgan fingerprint density at radius 1 is 1.03 bits per heavy atom. The summed E-state index contributed by atoms with van der Waals surface area (Å²) in [6, 6.07) is 13.4. The predicted octanol–water partition coefficient (Wildman–Crippen LogP) is 2.13. The summed E-state index contributed by atoms with van der Waals surface area (Å²) in [4.78, 5) is 48.4. The van der Waals surface area contributed by atoms with E-state index in [2.05, 4.69) is 5.32 Å². The molecule has 29 heavy (non-hydrogen) atoms. The first kappa shape index (κ1) is 21.6. The summed E-state index contributed by atoms with van der Waals surface area (Å²) in [7, 11) is 0. The summed E-state index contributed by atoms with van der Waals surface area (Å²) < 4.78 is 5.63. The van der Waals surface area contributed by atoms with Crippen LogP contribution in [-0.2, 0) is 14.4 Å². The first-order valence-electron chi connectivity index (χ1n) is 8.97. The van der Waals surface area contributed by atoms with Crippen LogP contribution in [0.4, 0.5) is 11.4 Å². The van der Waals surface area contributed by atoms with Crippen LogP contribution >= 0.6 is 0 Å². The van der Waals surface area contributed by atoms with Crippen molar-refractivity contribution in [2.45, 2.75) is 20.3 Å². The van der Waals surface area contributed by atoms with E-state index in [1.165, 1.54) is 24.8 Å². The number of carbonyl (C=O) groups excluding carboxylic acids is 4. The number of nitrogens with one attached hydrogen (secondary N) is 1. The molecule has 2 rings (SSSR count). The molecule has 0 aromatic heterocycles. The molecule has 2 aromatic rings. The van der Waals surface area contributed by atoms with Crippen molar-refractivity contribution in [1.82, 2.24) is 0 Å². The van der Waals surface area contributed by atoms with Gasteiger partial charge in [-0.05, 0) is 37.3 Å². The highest BCUT2D eigenvalue weighted by Gasteiger charge is 2.18. The second-order valence-electron chi connectivity index (χ2n) is 6.33. The second kappa shape index (κ2) is 10.0. The molecule has 0 saturated heterocycles. The molecular weight excluding hydrogens is 374 g/mol. The van der Waals surface area contributed by atoms with Gasteiger partial charge in [0.1, 0.15) is 5.75 Å².